The molecular formula is C15H16N4O3S. The van der Waals surface area contributed by atoms with Crippen molar-refractivity contribution in [1.82, 2.24) is 9.97 Å². The molecule has 0 amide bonds. The third-order valence-corrected chi connectivity index (χ3v) is 4.41. The zero-order valence-electron chi connectivity index (χ0n) is 12.5. The standard InChI is InChI=1S/C15H16N4O3S/c1-23(20,21)8-6-17-12-5-7-22-14(12)10-3-2-4-11-13(10)15(16)19-9-18-11/h2-5,7,9,14H,6,8H2,1H3,(H2,16,18,19). The van der Waals surface area contributed by atoms with Crippen LogP contribution in [0.2, 0.25) is 0 Å². The molecule has 1 atom stereocenters. The lowest BCUT2D eigenvalue weighted by atomic mass is 10.0. The Bertz CT molecular complexity index is 901. The van der Waals surface area contributed by atoms with Gasteiger partial charge in [0, 0.05) is 17.2 Å². The lowest BCUT2D eigenvalue weighted by Gasteiger charge is -2.15. The summed E-state index contributed by atoms with van der Waals surface area (Å²) >= 11 is 0. The summed E-state index contributed by atoms with van der Waals surface area (Å²) in [5.41, 5.74) is 8.17. The molecule has 2 heterocycles. The molecule has 2 N–H and O–H groups in total. The Morgan fingerprint density at radius 2 is 2.17 bits per heavy atom. The van der Waals surface area contributed by atoms with E-state index >= 15 is 0 Å². The maximum absolute atomic E-state index is 11.2. The number of sulfone groups is 1. The van der Waals surface area contributed by atoms with Crippen molar-refractivity contribution < 1.29 is 13.2 Å². The van der Waals surface area contributed by atoms with Crippen LogP contribution in [-0.4, -0.2) is 42.7 Å². The molecule has 7 nitrogen and oxygen atoms in total. The largest absolute Gasteiger partial charge is 0.487 e. The fourth-order valence-corrected chi connectivity index (χ4v) is 2.86. The van der Waals surface area contributed by atoms with E-state index in [1.807, 2.05) is 18.2 Å². The van der Waals surface area contributed by atoms with E-state index in [4.69, 9.17) is 10.5 Å². The van der Waals surface area contributed by atoms with Crippen LogP contribution in [-0.2, 0) is 14.6 Å². The molecule has 1 aliphatic rings. The van der Waals surface area contributed by atoms with Crippen molar-refractivity contribution in [3.63, 3.8) is 0 Å². The van der Waals surface area contributed by atoms with E-state index in [0.717, 1.165) is 16.5 Å². The monoisotopic (exact) mass is 332 g/mol. The molecule has 1 aliphatic heterocycles. The van der Waals surface area contributed by atoms with Crippen LogP contribution in [0.5, 0.6) is 0 Å². The molecule has 1 unspecified atom stereocenters. The van der Waals surface area contributed by atoms with Gasteiger partial charge >= 0.3 is 0 Å². The minimum absolute atomic E-state index is 0.00214. The highest BCUT2D eigenvalue weighted by Gasteiger charge is 2.24. The van der Waals surface area contributed by atoms with E-state index in [1.165, 1.54) is 12.6 Å². The van der Waals surface area contributed by atoms with Crippen molar-refractivity contribution in [3.8, 4) is 0 Å². The highest BCUT2D eigenvalue weighted by molar-refractivity contribution is 7.90. The number of nitrogens with zero attached hydrogens (tertiary/aromatic N) is 3. The molecule has 2 aromatic rings. The highest BCUT2D eigenvalue weighted by atomic mass is 32.2. The summed E-state index contributed by atoms with van der Waals surface area (Å²) in [6.45, 7) is 0.190. The molecule has 0 radical (unpaired) electrons. The fourth-order valence-electron chi connectivity index (χ4n) is 2.43. The average Bonchev–Trinajstić information content (AvgIpc) is 2.94. The minimum Gasteiger partial charge on any atom is -0.487 e. The second kappa shape index (κ2) is 5.96. The van der Waals surface area contributed by atoms with Crippen LogP contribution in [0.4, 0.5) is 5.82 Å². The normalized spacial score (nSPS) is 19.3. The van der Waals surface area contributed by atoms with E-state index in [1.54, 1.807) is 12.3 Å². The number of benzene rings is 1. The molecule has 1 aromatic heterocycles. The van der Waals surface area contributed by atoms with Crippen LogP contribution in [0.15, 0.2) is 41.9 Å². The number of ether oxygens (including phenoxy) is 1. The Morgan fingerprint density at radius 3 is 2.96 bits per heavy atom. The highest BCUT2D eigenvalue weighted by Crippen LogP contribution is 2.32. The van der Waals surface area contributed by atoms with Gasteiger partial charge in [0.15, 0.2) is 6.10 Å². The number of aromatic nitrogens is 2. The Labute approximate surface area is 133 Å². The summed E-state index contributed by atoms with van der Waals surface area (Å²) in [6.07, 6.45) is 5.44. The van der Waals surface area contributed by atoms with Crippen LogP contribution in [0.1, 0.15) is 11.7 Å². The van der Waals surface area contributed by atoms with E-state index < -0.39 is 15.9 Å². The molecule has 120 valence electrons. The molecule has 3 rings (SSSR count). The van der Waals surface area contributed by atoms with Gasteiger partial charge in [-0.1, -0.05) is 12.1 Å². The van der Waals surface area contributed by atoms with Crippen molar-refractivity contribution in [3.05, 3.63) is 42.4 Å². The van der Waals surface area contributed by atoms with Crippen molar-refractivity contribution in [2.24, 2.45) is 4.99 Å². The van der Waals surface area contributed by atoms with Crippen LogP contribution in [0, 0.1) is 0 Å². The lowest BCUT2D eigenvalue weighted by Crippen LogP contribution is -2.12. The Morgan fingerprint density at radius 1 is 1.35 bits per heavy atom. The van der Waals surface area contributed by atoms with Gasteiger partial charge in [-0.3, -0.25) is 4.99 Å². The van der Waals surface area contributed by atoms with Crippen LogP contribution >= 0.6 is 0 Å². The second-order valence-electron chi connectivity index (χ2n) is 5.26. The summed E-state index contributed by atoms with van der Waals surface area (Å²) in [5.74, 6) is 0.370. The van der Waals surface area contributed by atoms with Gasteiger partial charge < -0.3 is 10.5 Å². The summed E-state index contributed by atoms with van der Waals surface area (Å²) < 4.78 is 28.1. The molecule has 0 fully saturated rings. The molecule has 0 spiro atoms. The van der Waals surface area contributed by atoms with Crippen molar-refractivity contribution >= 4 is 32.3 Å². The van der Waals surface area contributed by atoms with Gasteiger partial charge in [0.2, 0.25) is 0 Å². The first-order valence-corrected chi connectivity index (χ1v) is 9.05. The SMILES string of the molecule is CS(=O)(=O)CCN=C1C=COC1c1cccc2ncnc(N)c12. The van der Waals surface area contributed by atoms with E-state index in [0.29, 0.717) is 11.5 Å². The molecule has 0 aliphatic carbocycles. The Hall–Kier alpha value is -2.48. The Balaban J connectivity index is 1.97. The van der Waals surface area contributed by atoms with E-state index in [-0.39, 0.29) is 12.3 Å². The first kappa shape index (κ1) is 15.4. The molecule has 0 saturated carbocycles. The van der Waals surface area contributed by atoms with E-state index in [9.17, 15) is 8.42 Å². The zero-order valence-corrected chi connectivity index (χ0v) is 13.3. The summed E-state index contributed by atoms with van der Waals surface area (Å²) in [7, 11) is -3.05. The lowest BCUT2D eigenvalue weighted by molar-refractivity contribution is 0.221. The molecular weight excluding hydrogens is 316 g/mol. The molecule has 1 aromatic carbocycles. The third kappa shape index (κ3) is 3.31. The summed E-state index contributed by atoms with van der Waals surface area (Å²) in [5, 5.41) is 0.722. The topological polar surface area (TPSA) is 108 Å². The quantitative estimate of drug-likeness (QED) is 0.903. The average molecular weight is 332 g/mol. The van der Waals surface area contributed by atoms with Gasteiger partial charge in [-0.15, -0.1) is 0 Å². The van der Waals surface area contributed by atoms with Gasteiger partial charge in [-0.05, 0) is 12.1 Å². The smallest absolute Gasteiger partial charge is 0.165 e. The van der Waals surface area contributed by atoms with Crippen molar-refractivity contribution in [2.45, 2.75) is 6.10 Å². The first-order valence-electron chi connectivity index (χ1n) is 6.99. The molecule has 0 saturated heterocycles. The number of hydrogen-bond donors (Lipinski definition) is 1. The van der Waals surface area contributed by atoms with Crippen LogP contribution in [0.25, 0.3) is 10.9 Å². The maximum Gasteiger partial charge on any atom is 0.165 e. The number of fused-ring (bicyclic) bond motifs is 1. The number of anilines is 1. The predicted octanol–water partition coefficient (Wildman–Crippen LogP) is 1.28. The van der Waals surface area contributed by atoms with Gasteiger partial charge in [-0.2, -0.15) is 0 Å². The summed E-state index contributed by atoms with van der Waals surface area (Å²) in [4.78, 5) is 12.6. The third-order valence-electron chi connectivity index (χ3n) is 3.49. The predicted molar refractivity (Wildman–Crippen MR) is 88.9 cm³/mol. The van der Waals surface area contributed by atoms with Crippen LogP contribution < -0.4 is 5.73 Å². The number of hydrogen-bond acceptors (Lipinski definition) is 7. The fraction of sp³-hybridized carbons (Fsp3) is 0.267. The van der Waals surface area contributed by atoms with Crippen LogP contribution in [0.3, 0.4) is 0 Å². The number of aliphatic imine (C=N–C) groups is 1. The van der Waals surface area contributed by atoms with Gasteiger partial charge in [0.25, 0.3) is 0 Å². The van der Waals surface area contributed by atoms with Crippen molar-refractivity contribution in [2.75, 3.05) is 24.3 Å². The number of nitrogen functional groups attached to an aromatic ring is 1. The molecule has 8 heteroatoms. The number of nitrogens with two attached hydrogens (primary N) is 1. The maximum atomic E-state index is 11.2. The zero-order chi connectivity index (χ0) is 16.4. The number of rotatable bonds is 4. The van der Waals surface area contributed by atoms with Gasteiger partial charge in [-0.25, -0.2) is 18.4 Å². The van der Waals surface area contributed by atoms with Gasteiger partial charge in [0.05, 0.1) is 29.8 Å². The second-order valence-corrected chi connectivity index (χ2v) is 7.52. The minimum atomic E-state index is -3.05. The van der Waals surface area contributed by atoms with Gasteiger partial charge in [0.1, 0.15) is 22.0 Å². The molecule has 23 heavy (non-hydrogen) atoms. The first-order chi connectivity index (χ1) is 11.0. The van der Waals surface area contributed by atoms with E-state index in [2.05, 4.69) is 15.0 Å². The molecule has 0 bridgehead atoms. The Kier molecular flexibility index (Phi) is 3.99. The van der Waals surface area contributed by atoms with Crippen molar-refractivity contribution in [1.29, 1.82) is 0 Å². The summed E-state index contributed by atoms with van der Waals surface area (Å²) in [6, 6.07) is 5.59.